The van der Waals surface area contributed by atoms with Crippen molar-refractivity contribution in [3.05, 3.63) is 81.9 Å². The maximum atomic E-state index is 12.4. The molecule has 0 amide bonds. The van der Waals surface area contributed by atoms with Gasteiger partial charge in [0, 0.05) is 20.4 Å². The quantitative estimate of drug-likeness (QED) is 0.498. The Kier molecular flexibility index (Phi) is 4.27. The fourth-order valence-corrected chi connectivity index (χ4v) is 4.29. The van der Waals surface area contributed by atoms with Crippen LogP contribution in [0.15, 0.2) is 84.9 Å². The number of benzene rings is 2. The second-order valence-corrected chi connectivity index (χ2v) is 7.75. The van der Waals surface area contributed by atoms with Gasteiger partial charge in [-0.2, -0.15) is 0 Å². The van der Waals surface area contributed by atoms with Crippen molar-refractivity contribution in [2.45, 2.75) is 14.9 Å². The highest BCUT2D eigenvalue weighted by Gasteiger charge is 2.25. The molecule has 0 unspecified atom stereocenters. The minimum atomic E-state index is 0.0545. The maximum absolute atomic E-state index is 12.4. The summed E-state index contributed by atoms with van der Waals surface area (Å²) in [5.41, 5.74) is 0.760. The summed E-state index contributed by atoms with van der Waals surface area (Å²) in [6, 6.07) is 19.0. The third-order valence-corrected chi connectivity index (χ3v) is 5.76. The van der Waals surface area contributed by atoms with Crippen molar-refractivity contribution in [2.75, 3.05) is 0 Å². The molecular formula is C19H11ClO2S2. The zero-order valence-electron chi connectivity index (χ0n) is 12.4. The predicted molar refractivity (Wildman–Crippen MR) is 98.9 cm³/mol. The molecule has 118 valence electrons. The van der Waals surface area contributed by atoms with Crippen LogP contribution in [-0.2, 0) is 0 Å². The fourth-order valence-electron chi connectivity index (χ4n) is 2.35. The molecule has 0 saturated heterocycles. The van der Waals surface area contributed by atoms with E-state index in [0.29, 0.717) is 15.7 Å². The topological polar surface area (TPSA) is 30.2 Å². The van der Waals surface area contributed by atoms with Crippen molar-refractivity contribution in [3.63, 3.8) is 0 Å². The van der Waals surface area contributed by atoms with Gasteiger partial charge in [0.1, 0.15) is 5.76 Å². The molecule has 0 fully saturated rings. The van der Waals surface area contributed by atoms with Gasteiger partial charge in [0.2, 0.25) is 5.78 Å². The molecule has 2 heterocycles. The monoisotopic (exact) mass is 370 g/mol. The van der Waals surface area contributed by atoms with E-state index in [1.807, 2.05) is 60.7 Å². The minimum absolute atomic E-state index is 0.0545. The number of rotatable bonds is 3. The highest BCUT2D eigenvalue weighted by Crippen LogP contribution is 2.41. The van der Waals surface area contributed by atoms with Crippen LogP contribution in [0.3, 0.4) is 0 Å². The summed E-state index contributed by atoms with van der Waals surface area (Å²) in [6.45, 7) is 0. The molecule has 1 aliphatic rings. The summed E-state index contributed by atoms with van der Waals surface area (Å²) in [5.74, 6) is 0.731. The second kappa shape index (κ2) is 6.55. The van der Waals surface area contributed by atoms with Crippen LogP contribution >= 0.6 is 35.1 Å². The third kappa shape index (κ3) is 3.18. The Morgan fingerprint density at radius 3 is 2.58 bits per heavy atom. The van der Waals surface area contributed by atoms with Gasteiger partial charge in [0.05, 0.1) is 4.91 Å². The molecule has 0 N–H and O–H groups in total. The van der Waals surface area contributed by atoms with Gasteiger partial charge >= 0.3 is 0 Å². The molecule has 0 spiro atoms. The highest BCUT2D eigenvalue weighted by atomic mass is 35.5. The Bertz CT molecular complexity index is 942. The minimum Gasteiger partial charge on any atom is -0.450 e. The van der Waals surface area contributed by atoms with Crippen LogP contribution in [0.5, 0.6) is 0 Å². The first kappa shape index (κ1) is 15.6. The van der Waals surface area contributed by atoms with Gasteiger partial charge in [0.15, 0.2) is 5.09 Å². The molecule has 5 heteroatoms. The molecule has 0 radical (unpaired) electrons. The smallest absolute Gasteiger partial charge is 0.200 e. The fraction of sp³-hybridized carbons (Fsp3) is 0. The van der Waals surface area contributed by atoms with Crippen molar-refractivity contribution in [1.29, 1.82) is 0 Å². The van der Waals surface area contributed by atoms with Crippen LogP contribution in [0.4, 0.5) is 0 Å². The summed E-state index contributed by atoms with van der Waals surface area (Å²) >= 11 is 8.89. The van der Waals surface area contributed by atoms with Crippen molar-refractivity contribution >= 4 is 47.0 Å². The number of thioether (sulfide) groups is 1. The first-order valence-electron chi connectivity index (χ1n) is 7.25. The van der Waals surface area contributed by atoms with Crippen LogP contribution in [0.1, 0.15) is 16.1 Å². The molecule has 1 aromatic heterocycles. The van der Waals surface area contributed by atoms with Crippen LogP contribution in [-0.4, -0.2) is 5.78 Å². The molecule has 4 rings (SSSR count). The number of fused-ring (bicyclic) bond motifs is 1. The number of ketones is 1. The summed E-state index contributed by atoms with van der Waals surface area (Å²) in [4.78, 5) is 15.1. The summed E-state index contributed by atoms with van der Waals surface area (Å²) in [7, 11) is 0. The Hall–Kier alpha value is -1.88. The summed E-state index contributed by atoms with van der Waals surface area (Å²) in [6.07, 6.45) is 1.80. The number of hydrogen-bond donors (Lipinski definition) is 0. The molecule has 1 aliphatic heterocycles. The van der Waals surface area contributed by atoms with Crippen LogP contribution in [0.2, 0.25) is 5.02 Å². The highest BCUT2D eigenvalue weighted by molar-refractivity contribution is 8.04. The van der Waals surface area contributed by atoms with Crippen LogP contribution < -0.4 is 0 Å². The molecule has 2 aromatic carbocycles. The van der Waals surface area contributed by atoms with Gasteiger partial charge in [-0.05, 0) is 54.6 Å². The molecule has 0 aliphatic carbocycles. The number of carbonyl (C=O) groups is 1. The van der Waals surface area contributed by atoms with E-state index in [1.54, 1.807) is 6.08 Å². The standard InChI is InChI=1S/C19H11ClO2S2/c20-12-5-8-14(9-6-12)23-18-10-7-13(22-18)11-17-19(21)15-3-1-2-4-16(15)24-17/h1-11H/b17-11+. The lowest BCUT2D eigenvalue weighted by Gasteiger charge is -1.98. The van der Waals surface area contributed by atoms with Gasteiger partial charge in [-0.1, -0.05) is 47.3 Å². The lowest BCUT2D eigenvalue weighted by Crippen LogP contribution is -1.93. The maximum Gasteiger partial charge on any atom is 0.200 e. The molecule has 0 saturated carbocycles. The number of hydrogen-bond acceptors (Lipinski definition) is 4. The average Bonchev–Trinajstić information content (AvgIpc) is 3.15. The van der Waals surface area contributed by atoms with Gasteiger partial charge in [0.25, 0.3) is 0 Å². The Morgan fingerprint density at radius 1 is 1.00 bits per heavy atom. The predicted octanol–water partition coefficient (Wildman–Crippen LogP) is 6.41. The Morgan fingerprint density at radius 2 is 1.79 bits per heavy atom. The van der Waals surface area contributed by atoms with E-state index in [4.69, 9.17) is 16.0 Å². The molecule has 3 aromatic rings. The van der Waals surface area contributed by atoms with E-state index in [0.717, 1.165) is 20.4 Å². The zero-order chi connectivity index (χ0) is 16.5. The molecular weight excluding hydrogens is 360 g/mol. The molecule has 0 bridgehead atoms. The van der Waals surface area contributed by atoms with Crippen molar-refractivity contribution < 1.29 is 9.21 Å². The third-order valence-electron chi connectivity index (χ3n) is 3.48. The van der Waals surface area contributed by atoms with Crippen LogP contribution in [0.25, 0.3) is 6.08 Å². The number of carbonyl (C=O) groups excluding carboxylic acids is 1. The van der Waals surface area contributed by atoms with E-state index in [-0.39, 0.29) is 5.78 Å². The van der Waals surface area contributed by atoms with Crippen molar-refractivity contribution in [3.8, 4) is 0 Å². The normalized spacial score (nSPS) is 15.0. The number of halogens is 1. The van der Waals surface area contributed by atoms with E-state index in [1.165, 1.54) is 23.5 Å². The molecule has 2 nitrogen and oxygen atoms in total. The first-order chi connectivity index (χ1) is 11.7. The van der Waals surface area contributed by atoms with E-state index >= 15 is 0 Å². The Balaban J connectivity index is 1.54. The molecule has 24 heavy (non-hydrogen) atoms. The van der Waals surface area contributed by atoms with E-state index in [9.17, 15) is 4.79 Å². The number of furan rings is 1. The second-order valence-electron chi connectivity index (χ2n) is 5.15. The summed E-state index contributed by atoms with van der Waals surface area (Å²) in [5, 5.41) is 1.48. The van der Waals surface area contributed by atoms with Crippen LogP contribution in [0, 0.1) is 0 Å². The molecule has 0 atom stereocenters. The van der Waals surface area contributed by atoms with Gasteiger partial charge < -0.3 is 4.42 Å². The number of Topliss-reactive ketones (excluding diaryl/α,β-unsaturated/α-hetero) is 1. The van der Waals surface area contributed by atoms with Gasteiger partial charge in [-0.15, -0.1) is 0 Å². The summed E-state index contributed by atoms with van der Waals surface area (Å²) < 4.78 is 5.81. The average molecular weight is 371 g/mol. The van der Waals surface area contributed by atoms with E-state index < -0.39 is 0 Å². The van der Waals surface area contributed by atoms with Crippen molar-refractivity contribution in [2.24, 2.45) is 0 Å². The van der Waals surface area contributed by atoms with Crippen molar-refractivity contribution in [1.82, 2.24) is 0 Å². The number of allylic oxidation sites excluding steroid dienone is 1. The zero-order valence-corrected chi connectivity index (χ0v) is 14.8. The SMILES string of the molecule is O=C1/C(=C\c2ccc(Sc3ccc(Cl)cc3)o2)Sc2ccccc21. The Labute approximate surface area is 152 Å². The lowest BCUT2D eigenvalue weighted by molar-refractivity contribution is 0.104. The first-order valence-corrected chi connectivity index (χ1v) is 9.27. The van der Waals surface area contributed by atoms with E-state index in [2.05, 4.69) is 0 Å². The lowest BCUT2D eigenvalue weighted by atomic mass is 10.1. The largest absolute Gasteiger partial charge is 0.450 e. The van der Waals surface area contributed by atoms with Gasteiger partial charge in [-0.3, -0.25) is 4.79 Å². The van der Waals surface area contributed by atoms with Gasteiger partial charge in [-0.25, -0.2) is 0 Å².